The first-order chi connectivity index (χ1) is 8.31. The molecule has 0 bridgehead atoms. The molecule has 0 saturated heterocycles. The highest BCUT2D eigenvalue weighted by molar-refractivity contribution is 6.74. The molecule has 0 fully saturated rings. The summed E-state index contributed by atoms with van der Waals surface area (Å²) in [5.41, 5.74) is 0. The molecule has 0 saturated carbocycles. The van der Waals surface area contributed by atoms with Crippen LogP contribution in [0.15, 0.2) is 0 Å². The Morgan fingerprint density at radius 1 is 1.00 bits per heavy atom. The second-order valence-electron chi connectivity index (χ2n) is 6.25. The maximum atomic E-state index is 8.62. The molecule has 106 valence electrons. The summed E-state index contributed by atoms with van der Waals surface area (Å²) < 4.78 is 6.08. The van der Waals surface area contributed by atoms with Gasteiger partial charge in [-0.3, -0.25) is 0 Å². The standard InChI is InChI=1S/C15H30O2Si/c1-15(2,3)18(4,5)17-14-12-10-8-6-7-9-11-13-16/h16H,7,9-14H2,1-5H3. The zero-order valence-corrected chi connectivity index (χ0v) is 13.8. The van der Waals surface area contributed by atoms with E-state index in [-0.39, 0.29) is 6.61 Å². The minimum atomic E-state index is -1.57. The van der Waals surface area contributed by atoms with Gasteiger partial charge in [0.15, 0.2) is 8.32 Å². The van der Waals surface area contributed by atoms with Crippen LogP contribution in [0.25, 0.3) is 0 Å². The van der Waals surface area contributed by atoms with E-state index in [0.717, 1.165) is 38.7 Å². The van der Waals surface area contributed by atoms with E-state index in [0.29, 0.717) is 5.04 Å². The van der Waals surface area contributed by atoms with Crippen molar-refractivity contribution in [1.29, 1.82) is 0 Å². The van der Waals surface area contributed by atoms with Gasteiger partial charge in [-0.25, -0.2) is 0 Å². The molecule has 3 heteroatoms. The molecular formula is C15H30O2Si. The molecule has 0 amide bonds. The zero-order chi connectivity index (χ0) is 14.1. The topological polar surface area (TPSA) is 29.5 Å². The molecule has 0 aliphatic carbocycles. The van der Waals surface area contributed by atoms with E-state index in [2.05, 4.69) is 45.7 Å². The number of rotatable bonds is 7. The normalized spacial score (nSPS) is 12.1. The van der Waals surface area contributed by atoms with Gasteiger partial charge in [0.25, 0.3) is 0 Å². The van der Waals surface area contributed by atoms with E-state index >= 15 is 0 Å². The van der Waals surface area contributed by atoms with Gasteiger partial charge < -0.3 is 9.53 Å². The summed E-state index contributed by atoms with van der Waals surface area (Å²) in [7, 11) is -1.57. The van der Waals surface area contributed by atoms with Crippen molar-refractivity contribution in [2.45, 2.75) is 71.0 Å². The third kappa shape index (κ3) is 7.92. The van der Waals surface area contributed by atoms with Crippen molar-refractivity contribution < 1.29 is 9.53 Å². The van der Waals surface area contributed by atoms with Crippen LogP contribution in [-0.4, -0.2) is 26.6 Å². The summed E-state index contributed by atoms with van der Waals surface area (Å²) in [5, 5.41) is 8.91. The lowest BCUT2D eigenvalue weighted by Crippen LogP contribution is -2.40. The molecule has 0 aromatic carbocycles. The number of aliphatic hydroxyl groups excluding tert-OH is 1. The highest BCUT2D eigenvalue weighted by Crippen LogP contribution is 2.36. The molecule has 0 unspecified atom stereocenters. The summed E-state index contributed by atoms with van der Waals surface area (Å²) in [6.45, 7) is 12.5. The number of hydrogen-bond acceptors (Lipinski definition) is 2. The fourth-order valence-corrected chi connectivity index (χ4v) is 2.29. The maximum Gasteiger partial charge on any atom is 0.191 e. The Hall–Kier alpha value is -0.303. The Balaban J connectivity index is 3.62. The average Bonchev–Trinajstić information content (AvgIpc) is 2.25. The summed E-state index contributed by atoms with van der Waals surface area (Å²) in [4.78, 5) is 0. The molecule has 0 aromatic heterocycles. The fourth-order valence-electron chi connectivity index (χ4n) is 1.21. The van der Waals surface area contributed by atoms with E-state index < -0.39 is 8.32 Å². The number of aliphatic hydroxyl groups is 1. The highest BCUT2D eigenvalue weighted by Gasteiger charge is 2.36. The molecule has 0 aliphatic rings. The molecular weight excluding hydrogens is 240 g/mol. The van der Waals surface area contributed by atoms with Crippen molar-refractivity contribution in [3.8, 4) is 11.8 Å². The van der Waals surface area contributed by atoms with Gasteiger partial charge in [0.1, 0.15) is 0 Å². The Morgan fingerprint density at radius 2 is 1.56 bits per heavy atom. The van der Waals surface area contributed by atoms with Crippen molar-refractivity contribution in [2.24, 2.45) is 0 Å². The molecule has 2 nitrogen and oxygen atoms in total. The van der Waals surface area contributed by atoms with Gasteiger partial charge in [-0.05, 0) is 37.4 Å². The highest BCUT2D eigenvalue weighted by atomic mass is 28.4. The molecule has 0 rings (SSSR count). The lowest BCUT2D eigenvalue weighted by Gasteiger charge is -2.36. The predicted molar refractivity (Wildman–Crippen MR) is 81.1 cm³/mol. The summed E-state index contributed by atoms with van der Waals surface area (Å²) >= 11 is 0. The van der Waals surface area contributed by atoms with E-state index in [1.807, 2.05) is 0 Å². The molecule has 0 aliphatic heterocycles. The van der Waals surface area contributed by atoms with Crippen LogP contribution in [0.2, 0.25) is 18.1 Å². The van der Waals surface area contributed by atoms with Crippen molar-refractivity contribution in [3.05, 3.63) is 0 Å². The van der Waals surface area contributed by atoms with Crippen molar-refractivity contribution in [2.75, 3.05) is 13.2 Å². The zero-order valence-electron chi connectivity index (χ0n) is 12.8. The van der Waals surface area contributed by atoms with Gasteiger partial charge in [0, 0.05) is 26.1 Å². The lowest BCUT2D eigenvalue weighted by molar-refractivity contribution is 0.284. The van der Waals surface area contributed by atoms with E-state index in [9.17, 15) is 0 Å². The van der Waals surface area contributed by atoms with Crippen LogP contribution in [0.5, 0.6) is 0 Å². The first-order valence-corrected chi connectivity index (χ1v) is 9.92. The molecule has 0 radical (unpaired) electrons. The Morgan fingerprint density at radius 3 is 2.06 bits per heavy atom. The minimum absolute atomic E-state index is 0.280. The van der Waals surface area contributed by atoms with Crippen LogP contribution < -0.4 is 0 Å². The lowest BCUT2D eigenvalue weighted by atomic mass is 10.2. The molecule has 0 spiro atoms. The minimum Gasteiger partial charge on any atom is -0.417 e. The van der Waals surface area contributed by atoms with E-state index in [1.54, 1.807) is 0 Å². The molecule has 0 heterocycles. The van der Waals surface area contributed by atoms with Gasteiger partial charge in [0.2, 0.25) is 0 Å². The van der Waals surface area contributed by atoms with Crippen LogP contribution in [-0.2, 0) is 4.43 Å². The van der Waals surface area contributed by atoms with Crippen LogP contribution in [0.1, 0.15) is 52.9 Å². The predicted octanol–water partition coefficient (Wildman–Crippen LogP) is 3.95. The molecule has 1 N–H and O–H groups in total. The number of unbranched alkanes of at least 4 members (excludes halogenated alkanes) is 3. The van der Waals surface area contributed by atoms with Gasteiger partial charge in [-0.15, -0.1) is 11.8 Å². The summed E-state index contributed by atoms with van der Waals surface area (Å²) in [6, 6.07) is 0. The van der Waals surface area contributed by atoms with Gasteiger partial charge in [-0.2, -0.15) is 0 Å². The third-order valence-corrected chi connectivity index (χ3v) is 8.09. The third-order valence-electron chi connectivity index (χ3n) is 3.55. The van der Waals surface area contributed by atoms with Gasteiger partial charge >= 0.3 is 0 Å². The van der Waals surface area contributed by atoms with Crippen molar-refractivity contribution in [3.63, 3.8) is 0 Å². The summed E-state index contributed by atoms with van der Waals surface area (Å²) in [5.74, 6) is 6.32. The smallest absolute Gasteiger partial charge is 0.191 e. The molecule has 0 aromatic rings. The van der Waals surface area contributed by atoms with E-state index in [1.165, 1.54) is 0 Å². The summed E-state index contributed by atoms with van der Waals surface area (Å²) in [6.07, 6.45) is 4.73. The van der Waals surface area contributed by atoms with Crippen LogP contribution in [0.4, 0.5) is 0 Å². The SMILES string of the molecule is CC(C)(C)[Si](C)(C)OCCCC#CCCCCO. The van der Waals surface area contributed by atoms with E-state index in [4.69, 9.17) is 9.53 Å². The van der Waals surface area contributed by atoms with Gasteiger partial charge in [-0.1, -0.05) is 20.8 Å². The maximum absolute atomic E-state index is 8.62. The second-order valence-corrected chi connectivity index (χ2v) is 11.1. The fraction of sp³-hybridized carbons (Fsp3) is 0.867. The average molecular weight is 270 g/mol. The monoisotopic (exact) mass is 270 g/mol. The van der Waals surface area contributed by atoms with Crippen molar-refractivity contribution >= 4 is 8.32 Å². The quantitative estimate of drug-likeness (QED) is 0.431. The molecule has 0 atom stereocenters. The Kier molecular flexibility index (Phi) is 8.59. The largest absolute Gasteiger partial charge is 0.417 e. The van der Waals surface area contributed by atoms with Gasteiger partial charge in [0.05, 0.1) is 0 Å². The first-order valence-electron chi connectivity index (χ1n) is 7.02. The number of hydrogen-bond donors (Lipinski definition) is 1. The Labute approximate surface area is 114 Å². The first kappa shape index (κ1) is 17.7. The molecule has 18 heavy (non-hydrogen) atoms. The van der Waals surface area contributed by atoms with Crippen LogP contribution >= 0.6 is 0 Å². The Bertz CT molecular complexity index is 268. The van der Waals surface area contributed by atoms with Crippen molar-refractivity contribution in [1.82, 2.24) is 0 Å². The van der Waals surface area contributed by atoms with Crippen LogP contribution in [0, 0.1) is 11.8 Å². The van der Waals surface area contributed by atoms with Crippen LogP contribution in [0.3, 0.4) is 0 Å². The second kappa shape index (κ2) is 8.74.